The van der Waals surface area contributed by atoms with Gasteiger partial charge in [0.2, 0.25) is 10.0 Å². The van der Waals surface area contributed by atoms with Gasteiger partial charge < -0.3 is 9.26 Å². The molecule has 23 heavy (non-hydrogen) atoms. The number of aryl methyl sites for hydroxylation is 1. The van der Waals surface area contributed by atoms with Crippen LogP contribution in [0.4, 0.5) is 5.69 Å². The third-order valence-electron chi connectivity index (χ3n) is 4.10. The number of sulfonamides is 1. The predicted octanol–water partition coefficient (Wildman–Crippen LogP) is 2.53. The zero-order valence-corrected chi connectivity index (χ0v) is 14.1. The lowest BCUT2D eigenvalue weighted by Gasteiger charge is -2.16. The highest BCUT2D eigenvalue weighted by Gasteiger charge is 2.19. The number of ether oxygens (including phenoxy) is 1. The van der Waals surface area contributed by atoms with Gasteiger partial charge in [-0.2, -0.15) is 0 Å². The molecule has 1 aliphatic rings. The first-order valence-electron chi connectivity index (χ1n) is 7.58. The third kappa shape index (κ3) is 3.50. The van der Waals surface area contributed by atoms with Gasteiger partial charge in [-0.3, -0.25) is 4.31 Å². The van der Waals surface area contributed by atoms with Gasteiger partial charge in [0.25, 0.3) is 0 Å². The van der Waals surface area contributed by atoms with Gasteiger partial charge >= 0.3 is 0 Å². The van der Waals surface area contributed by atoms with E-state index in [0.29, 0.717) is 18.0 Å². The van der Waals surface area contributed by atoms with Crippen LogP contribution >= 0.6 is 0 Å². The van der Waals surface area contributed by atoms with Crippen molar-refractivity contribution in [2.75, 3.05) is 17.6 Å². The van der Waals surface area contributed by atoms with Crippen molar-refractivity contribution in [3.63, 3.8) is 0 Å². The predicted molar refractivity (Wildman–Crippen MR) is 87.2 cm³/mol. The van der Waals surface area contributed by atoms with Crippen molar-refractivity contribution in [2.24, 2.45) is 0 Å². The number of hydrogen-bond acceptors (Lipinski definition) is 5. The second kappa shape index (κ2) is 6.23. The standard InChI is InChI=1S/C16H20N2O4S/c1-18(23(2,19)20)12-7-9-13(10-8-12)21-11-15-14-5-3-4-6-16(14)22-17-15/h7-10H,3-6,11H2,1-2H3. The highest BCUT2D eigenvalue weighted by Crippen LogP contribution is 2.26. The van der Waals surface area contributed by atoms with E-state index in [1.807, 2.05) is 0 Å². The minimum atomic E-state index is -3.26. The van der Waals surface area contributed by atoms with E-state index in [9.17, 15) is 8.42 Å². The molecular formula is C16H20N2O4S. The summed E-state index contributed by atoms with van der Waals surface area (Å²) in [4.78, 5) is 0. The Morgan fingerprint density at radius 1 is 1.22 bits per heavy atom. The van der Waals surface area contributed by atoms with Gasteiger partial charge in [0.1, 0.15) is 23.8 Å². The van der Waals surface area contributed by atoms with Crippen LogP contribution in [0.1, 0.15) is 29.9 Å². The molecule has 0 amide bonds. The molecule has 0 N–H and O–H groups in total. The summed E-state index contributed by atoms with van der Waals surface area (Å²) in [6, 6.07) is 6.94. The first-order chi connectivity index (χ1) is 10.9. The van der Waals surface area contributed by atoms with Crippen LogP contribution in [0.15, 0.2) is 28.8 Å². The van der Waals surface area contributed by atoms with E-state index < -0.39 is 10.0 Å². The molecule has 3 rings (SSSR count). The molecule has 0 radical (unpaired) electrons. The second-order valence-corrected chi connectivity index (χ2v) is 7.76. The largest absolute Gasteiger partial charge is 0.487 e. The van der Waals surface area contributed by atoms with Crippen LogP contribution in [0.5, 0.6) is 5.75 Å². The minimum absolute atomic E-state index is 0.361. The van der Waals surface area contributed by atoms with Crippen molar-refractivity contribution in [3.05, 3.63) is 41.3 Å². The number of fused-ring (bicyclic) bond motifs is 1. The molecule has 1 aromatic carbocycles. The van der Waals surface area contributed by atoms with Gasteiger partial charge in [-0.15, -0.1) is 0 Å². The number of rotatable bonds is 5. The van der Waals surface area contributed by atoms with E-state index in [-0.39, 0.29) is 0 Å². The average Bonchev–Trinajstić information content (AvgIpc) is 2.95. The molecular weight excluding hydrogens is 316 g/mol. The molecule has 0 aliphatic heterocycles. The van der Waals surface area contributed by atoms with Crippen LogP contribution in [0, 0.1) is 0 Å². The quantitative estimate of drug-likeness (QED) is 0.839. The smallest absolute Gasteiger partial charge is 0.231 e. The van der Waals surface area contributed by atoms with Crippen LogP contribution in [-0.2, 0) is 29.5 Å². The summed E-state index contributed by atoms with van der Waals surface area (Å²) in [6.07, 6.45) is 5.43. The summed E-state index contributed by atoms with van der Waals surface area (Å²) in [6.45, 7) is 0.361. The van der Waals surface area contributed by atoms with Crippen molar-refractivity contribution in [3.8, 4) is 5.75 Å². The summed E-state index contributed by atoms with van der Waals surface area (Å²) < 4.78 is 35.4. The van der Waals surface area contributed by atoms with Crippen molar-refractivity contribution < 1.29 is 17.7 Å². The molecule has 0 saturated heterocycles. The van der Waals surface area contributed by atoms with E-state index in [0.717, 1.165) is 37.1 Å². The Bertz CT molecular complexity index is 781. The Labute approximate surface area is 136 Å². The maximum absolute atomic E-state index is 11.5. The molecule has 1 heterocycles. The van der Waals surface area contributed by atoms with E-state index in [1.54, 1.807) is 24.3 Å². The van der Waals surface area contributed by atoms with E-state index in [4.69, 9.17) is 9.26 Å². The fraction of sp³-hybridized carbons (Fsp3) is 0.438. The Hall–Kier alpha value is -2.02. The van der Waals surface area contributed by atoms with Crippen molar-refractivity contribution in [2.45, 2.75) is 32.3 Å². The Balaban J connectivity index is 1.66. The molecule has 2 aromatic rings. The van der Waals surface area contributed by atoms with Crippen LogP contribution in [0.2, 0.25) is 0 Å². The molecule has 0 atom stereocenters. The number of anilines is 1. The molecule has 0 fully saturated rings. The zero-order valence-electron chi connectivity index (χ0n) is 13.3. The zero-order chi connectivity index (χ0) is 16.4. The molecule has 0 bridgehead atoms. The minimum Gasteiger partial charge on any atom is -0.487 e. The van der Waals surface area contributed by atoms with Gasteiger partial charge in [-0.05, 0) is 43.5 Å². The monoisotopic (exact) mass is 336 g/mol. The molecule has 0 saturated carbocycles. The van der Waals surface area contributed by atoms with Gasteiger partial charge in [-0.1, -0.05) is 5.16 Å². The van der Waals surface area contributed by atoms with E-state index in [2.05, 4.69) is 5.16 Å². The fourth-order valence-corrected chi connectivity index (χ4v) is 3.16. The number of hydrogen-bond donors (Lipinski definition) is 0. The Morgan fingerprint density at radius 3 is 2.61 bits per heavy atom. The van der Waals surface area contributed by atoms with Gasteiger partial charge in [-0.25, -0.2) is 8.42 Å². The third-order valence-corrected chi connectivity index (χ3v) is 5.31. The number of aromatic nitrogens is 1. The van der Waals surface area contributed by atoms with Crippen LogP contribution in [0.25, 0.3) is 0 Å². The summed E-state index contributed by atoms with van der Waals surface area (Å²) in [7, 11) is -1.74. The highest BCUT2D eigenvalue weighted by atomic mass is 32.2. The summed E-state index contributed by atoms with van der Waals surface area (Å²) in [5.41, 5.74) is 2.64. The van der Waals surface area contributed by atoms with Crippen molar-refractivity contribution in [1.82, 2.24) is 5.16 Å². The average molecular weight is 336 g/mol. The van der Waals surface area contributed by atoms with Gasteiger partial charge in [0.05, 0.1) is 11.9 Å². The molecule has 0 spiro atoms. The molecule has 1 aromatic heterocycles. The lowest BCUT2D eigenvalue weighted by Crippen LogP contribution is -2.24. The molecule has 124 valence electrons. The number of nitrogens with zero attached hydrogens (tertiary/aromatic N) is 2. The fourth-order valence-electron chi connectivity index (χ4n) is 2.66. The van der Waals surface area contributed by atoms with E-state index >= 15 is 0 Å². The molecule has 7 heteroatoms. The maximum atomic E-state index is 11.5. The van der Waals surface area contributed by atoms with Crippen molar-refractivity contribution >= 4 is 15.7 Å². The lowest BCUT2D eigenvalue weighted by atomic mass is 9.97. The van der Waals surface area contributed by atoms with Crippen molar-refractivity contribution in [1.29, 1.82) is 0 Å². The maximum Gasteiger partial charge on any atom is 0.231 e. The normalized spacial score (nSPS) is 14.3. The van der Waals surface area contributed by atoms with Gasteiger partial charge in [0.15, 0.2) is 0 Å². The molecule has 1 aliphatic carbocycles. The SMILES string of the molecule is CN(c1ccc(OCc2noc3c2CCCC3)cc1)S(C)(=O)=O. The summed E-state index contributed by atoms with van der Waals surface area (Å²) in [5, 5.41) is 4.10. The molecule has 6 nitrogen and oxygen atoms in total. The van der Waals surface area contributed by atoms with Gasteiger partial charge in [0, 0.05) is 19.0 Å². The Kier molecular flexibility index (Phi) is 4.30. The van der Waals surface area contributed by atoms with E-state index in [1.165, 1.54) is 23.2 Å². The van der Waals surface area contributed by atoms with Crippen LogP contribution < -0.4 is 9.04 Å². The first kappa shape index (κ1) is 15.9. The first-order valence-corrected chi connectivity index (χ1v) is 9.43. The Morgan fingerprint density at radius 2 is 1.91 bits per heavy atom. The molecule has 0 unspecified atom stereocenters. The second-order valence-electron chi connectivity index (χ2n) is 5.75. The van der Waals surface area contributed by atoms with Crippen LogP contribution in [-0.4, -0.2) is 26.9 Å². The summed E-state index contributed by atoms with van der Waals surface area (Å²) >= 11 is 0. The number of benzene rings is 1. The van der Waals surface area contributed by atoms with Crippen LogP contribution in [0.3, 0.4) is 0 Å². The lowest BCUT2D eigenvalue weighted by molar-refractivity contribution is 0.287. The topological polar surface area (TPSA) is 72.6 Å². The highest BCUT2D eigenvalue weighted by molar-refractivity contribution is 7.92. The summed E-state index contributed by atoms with van der Waals surface area (Å²) in [5.74, 6) is 1.66.